The highest BCUT2D eigenvalue weighted by Crippen LogP contribution is 2.27. The van der Waals surface area contributed by atoms with Crippen LogP contribution in [0.2, 0.25) is 5.02 Å². The molecule has 0 unspecified atom stereocenters. The van der Waals surface area contributed by atoms with E-state index in [2.05, 4.69) is 26.8 Å². The summed E-state index contributed by atoms with van der Waals surface area (Å²) < 4.78 is 6.10. The normalized spacial score (nSPS) is 10.0. The number of halogens is 2. The average Bonchev–Trinajstić information content (AvgIpc) is 2.53. The molecular weight excluding hydrogens is 384 g/mol. The van der Waals surface area contributed by atoms with Crippen LogP contribution in [0.5, 0.6) is 5.75 Å². The third kappa shape index (κ3) is 5.92. The van der Waals surface area contributed by atoms with E-state index in [-0.39, 0.29) is 18.9 Å². The van der Waals surface area contributed by atoms with Crippen LogP contribution >= 0.6 is 27.5 Å². The molecule has 0 heterocycles. The summed E-state index contributed by atoms with van der Waals surface area (Å²) in [5, 5.41) is 0.389. The lowest BCUT2D eigenvalue weighted by Gasteiger charge is -2.10. The highest BCUT2D eigenvalue weighted by atomic mass is 79.9. The van der Waals surface area contributed by atoms with Gasteiger partial charge in [0.1, 0.15) is 5.75 Å². The number of benzene rings is 2. The van der Waals surface area contributed by atoms with Gasteiger partial charge >= 0.3 is 0 Å². The van der Waals surface area contributed by atoms with Gasteiger partial charge in [-0.2, -0.15) is 0 Å². The fraction of sp³-hybridized carbons (Fsp3) is 0.125. The van der Waals surface area contributed by atoms with Gasteiger partial charge in [0, 0.05) is 4.47 Å². The lowest BCUT2D eigenvalue weighted by molar-refractivity contribution is -0.129. The Morgan fingerprint density at radius 3 is 2.43 bits per heavy atom. The number of rotatable bonds is 5. The van der Waals surface area contributed by atoms with Gasteiger partial charge in [-0.25, -0.2) is 0 Å². The number of ether oxygens (including phenoxy) is 1. The Morgan fingerprint density at radius 2 is 1.74 bits per heavy atom. The van der Waals surface area contributed by atoms with Crippen molar-refractivity contribution < 1.29 is 14.3 Å². The van der Waals surface area contributed by atoms with Crippen LogP contribution in [-0.2, 0) is 16.0 Å². The third-order valence-corrected chi connectivity index (χ3v) is 3.59. The molecular formula is C16H14BrClN2O3. The predicted molar refractivity (Wildman–Crippen MR) is 91.1 cm³/mol. The van der Waals surface area contributed by atoms with E-state index in [1.807, 2.05) is 30.3 Å². The van der Waals surface area contributed by atoms with Crippen LogP contribution in [0.25, 0.3) is 0 Å². The lowest BCUT2D eigenvalue weighted by atomic mass is 10.1. The summed E-state index contributed by atoms with van der Waals surface area (Å²) in [5.41, 5.74) is 5.48. The molecule has 7 heteroatoms. The Morgan fingerprint density at radius 1 is 1.04 bits per heavy atom. The molecule has 120 valence electrons. The molecule has 0 saturated heterocycles. The Labute approximate surface area is 147 Å². The van der Waals surface area contributed by atoms with Gasteiger partial charge in [0.25, 0.3) is 5.91 Å². The Kier molecular flexibility index (Phi) is 6.43. The van der Waals surface area contributed by atoms with Crippen LogP contribution < -0.4 is 15.6 Å². The van der Waals surface area contributed by atoms with Gasteiger partial charge in [-0.15, -0.1) is 0 Å². The van der Waals surface area contributed by atoms with Gasteiger partial charge in [0.2, 0.25) is 5.91 Å². The van der Waals surface area contributed by atoms with E-state index < -0.39 is 5.91 Å². The predicted octanol–water partition coefficient (Wildman–Crippen LogP) is 2.87. The number of nitrogens with one attached hydrogen (secondary N) is 2. The molecule has 0 spiro atoms. The van der Waals surface area contributed by atoms with Crippen molar-refractivity contribution in [2.75, 3.05) is 6.61 Å². The zero-order chi connectivity index (χ0) is 16.7. The summed E-state index contributed by atoms with van der Waals surface area (Å²) in [7, 11) is 0. The molecule has 2 aromatic carbocycles. The second-order valence-electron chi connectivity index (χ2n) is 4.62. The van der Waals surface area contributed by atoms with Crippen molar-refractivity contribution in [1.82, 2.24) is 10.9 Å². The van der Waals surface area contributed by atoms with Gasteiger partial charge in [-0.05, 0) is 23.8 Å². The molecule has 0 aliphatic rings. The molecule has 0 aromatic heterocycles. The number of amides is 2. The maximum atomic E-state index is 11.7. The molecule has 0 atom stereocenters. The van der Waals surface area contributed by atoms with E-state index in [0.717, 1.165) is 10.0 Å². The average molecular weight is 398 g/mol. The Bertz CT molecular complexity index is 695. The molecule has 2 rings (SSSR count). The fourth-order valence-corrected chi connectivity index (χ4v) is 2.46. The summed E-state index contributed by atoms with van der Waals surface area (Å²) in [4.78, 5) is 23.3. The maximum absolute atomic E-state index is 11.7. The Hall–Kier alpha value is -2.05. The van der Waals surface area contributed by atoms with Gasteiger partial charge < -0.3 is 4.74 Å². The second kappa shape index (κ2) is 8.55. The molecule has 5 nitrogen and oxygen atoms in total. The van der Waals surface area contributed by atoms with Crippen LogP contribution in [-0.4, -0.2) is 18.4 Å². The number of hydrogen-bond donors (Lipinski definition) is 2. The SMILES string of the molecule is O=C(COc1ccc(Br)cc1Cl)NNC(=O)Cc1ccccc1. The number of hydrogen-bond acceptors (Lipinski definition) is 3. The van der Waals surface area contributed by atoms with Crippen molar-refractivity contribution in [3.05, 3.63) is 63.6 Å². The van der Waals surface area contributed by atoms with Crippen molar-refractivity contribution in [3.63, 3.8) is 0 Å². The molecule has 2 aromatic rings. The van der Waals surface area contributed by atoms with Crippen LogP contribution in [0.1, 0.15) is 5.56 Å². The topological polar surface area (TPSA) is 67.4 Å². The molecule has 2 N–H and O–H groups in total. The number of hydrazine groups is 1. The van der Waals surface area contributed by atoms with E-state index in [1.54, 1.807) is 18.2 Å². The minimum atomic E-state index is -0.481. The monoisotopic (exact) mass is 396 g/mol. The minimum absolute atomic E-state index is 0.181. The quantitative estimate of drug-likeness (QED) is 0.762. The maximum Gasteiger partial charge on any atom is 0.276 e. The summed E-state index contributed by atoms with van der Waals surface area (Å²) in [6.45, 7) is -0.257. The molecule has 0 fully saturated rings. The molecule has 2 amide bonds. The standard InChI is InChI=1S/C16H14BrClN2O3/c17-12-6-7-14(13(18)9-12)23-10-16(22)20-19-15(21)8-11-4-2-1-3-5-11/h1-7,9H,8,10H2,(H,19,21)(H,20,22). The van der Waals surface area contributed by atoms with E-state index in [4.69, 9.17) is 16.3 Å². The van der Waals surface area contributed by atoms with Gasteiger partial charge in [0.05, 0.1) is 11.4 Å². The van der Waals surface area contributed by atoms with E-state index in [0.29, 0.717) is 10.8 Å². The largest absolute Gasteiger partial charge is 0.482 e. The Balaban J connectivity index is 1.73. The zero-order valence-electron chi connectivity index (χ0n) is 12.0. The molecule has 0 saturated carbocycles. The first-order valence-electron chi connectivity index (χ1n) is 6.74. The smallest absolute Gasteiger partial charge is 0.276 e. The first kappa shape index (κ1) is 17.3. The molecule has 0 radical (unpaired) electrons. The summed E-state index contributed by atoms with van der Waals surface area (Å²) in [5.74, 6) is -0.405. The van der Waals surface area contributed by atoms with Crippen molar-refractivity contribution in [3.8, 4) is 5.75 Å². The first-order chi connectivity index (χ1) is 11.0. The van der Waals surface area contributed by atoms with Crippen molar-refractivity contribution in [1.29, 1.82) is 0 Å². The summed E-state index contributed by atoms with van der Waals surface area (Å²) >= 11 is 9.25. The van der Waals surface area contributed by atoms with Crippen LogP contribution in [0.4, 0.5) is 0 Å². The summed E-state index contributed by atoms with van der Waals surface area (Å²) in [6.07, 6.45) is 0.181. The lowest BCUT2D eigenvalue weighted by Crippen LogP contribution is -2.44. The van der Waals surface area contributed by atoms with Crippen molar-refractivity contribution in [2.24, 2.45) is 0 Å². The molecule has 23 heavy (non-hydrogen) atoms. The third-order valence-electron chi connectivity index (χ3n) is 2.80. The molecule has 0 bridgehead atoms. The van der Waals surface area contributed by atoms with E-state index >= 15 is 0 Å². The molecule has 0 aliphatic heterocycles. The van der Waals surface area contributed by atoms with Gasteiger partial charge in [0.15, 0.2) is 6.61 Å². The number of carbonyl (C=O) groups is 2. The van der Waals surface area contributed by atoms with Crippen LogP contribution in [0.15, 0.2) is 53.0 Å². The highest BCUT2D eigenvalue weighted by Gasteiger charge is 2.08. The van der Waals surface area contributed by atoms with Gasteiger partial charge in [-0.3, -0.25) is 20.4 Å². The minimum Gasteiger partial charge on any atom is -0.482 e. The first-order valence-corrected chi connectivity index (χ1v) is 7.91. The second-order valence-corrected chi connectivity index (χ2v) is 5.95. The van der Waals surface area contributed by atoms with Crippen molar-refractivity contribution in [2.45, 2.75) is 6.42 Å². The molecule has 0 aliphatic carbocycles. The summed E-state index contributed by atoms with van der Waals surface area (Å²) in [6, 6.07) is 14.3. The van der Waals surface area contributed by atoms with E-state index in [9.17, 15) is 9.59 Å². The number of carbonyl (C=O) groups excluding carboxylic acids is 2. The van der Waals surface area contributed by atoms with Crippen LogP contribution in [0.3, 0.4) is 0 Å². The van der Waals surface area contributed by atoms with E-state index in [1.165, 1.54) is 0 Å². The van der Waals surface area contributed by atoms with Crippen molar-refractivity contribution >= 4 is 39.3 Å². The fourth-order valence-electron chi connectivity index (χ4n) is 1.74. The van der Waals surface area contributed by atoms with Gasteiger partial charge in [-0.1, -0.05) is 57.9 Å². The highest BCUT2D eigenvalue weighted by molar-refractivity contribution is 9.10. The zero-order valence-corrected chi connectivity index (χ0v) is 14.4. The van der Waals surface area contributed by atoms with Crippen LogP contribution in [0, 0.1) is 0 Å².